The summed E-state index contributed by atoms with van der Waals surface area (Å²) in [6.07, 6.45) is 0.601. The molecule has 0 aromatic carbocycles. The first-order valence-electron chi connectivity index (χ1n) is 9.65. The van der Waals surface area contributed by atoms with Crippen molar-refractivity contribution in [2.75, 3.05) is 66.0 Å². The highest BCUT2D eigenvalue weighted by Gasteiger charge is 2.50. The van der Waals surface area contributed by atoms with Crippen molar-refractivity contribution >= 4 is 16.0 Å². The number of likely N-dealkylation sites (N-methyl/N-ethyl adjacent to an activating group) is 1. The molecule has 0 saturated carbocycles. The van der Waals surface area contributed by atoms with Gasteiger partial charge in [-0.1, -0.05) is 6.92 Å². The number of rotatable bonds is 6. The number of halogens is 3. The summed E-state index contributed by atoms with van der Waals surface area (Å²) >= 11 is 0. The summed E-state index contributed by atoms with van der Waals surface area (Å²) in [5, 5.41) is 6.41. The monoisotopic (exact) mass is 428 g/mol. The third-order valence-electron chi connectivity index (χ3n) is 5.28. The lowest BCUT2D eigenvalue weighted by Crippen LogP contribution is -2.53. The lowest BCUT2D eigenvalue weighted by molar-refractivity contribution is -0.0494. The van der Waals surface area contributed by atoms with E-state index in [0.29, 0.717) is 29.7 Å². The minimum absolute atomic E-state index is 0.112. The van der Waals surface area contributed by atoms with Crippen LogP contribution >= 0.6 is 0 Å². The molecule has 12 heteroatoms. The van der Waals surface area contributed by atoms with E-state index >= 15 is 0 Å². The van der Waals surface area contributed by atoms with E-state index in [-0.39, 0.29) is 19.1 Å². The molecule has 2 N–H and O–H groups in total. The predicted molar refractivity (Wildman–Crippen MR) is 103 cm³/mol. The molecule has 2 fully saturated rings. The van der Waals surface area contributed by atoms with Crippen LogP contribution in [0, 0.1) is 0 Å². The SMILES string of the molecule is CCN1CCN(CCNC(=NC)NC2CCN(S(=O)(=O)C(F)(F)F)CC2)CC1. The molecule has 0 atom stereocenters. The molecule has 28 heavy (non-hydrogen) atoms. The van der Waals surface area contributed by atoms with Crippen molar-refractivity contribution in [3.05, 3.63) is 0 Å². The zero-order valence-corrected chi connectivity index (χ0v) is 17.3. The number of hydrogen-bond acceptors (Lipinski definition) is 5. The highest BCUT2D eigenvalue weighted by molar-refractivity contribution is 7.90. The van der Waals surface area contributed by atoms with E-state index in [0.717, 1.165) is 39.3 Å². The van der Waals surface area contributed by atoms with Crippen LogP contribution in [0.3, 0.4) is 0 Å². The fourth-order valence-corrected chi connectivity index (χ4v) is 4.42. The maximum atomic E-state index is 12.6. The maximum Gasteiger partial charge on any atom is 0.511 e. The zero-order chi connectivity index (χ0) is 20.8. The van der Waals surface area contributed by atoms with Crippen molar-refractivity contribution in [3.8, 4) is 0 Å². The number of nitrogens with one attached hydrogen (secondary N) is 2. The number of guanidine groups is 1. The van der Waals surface area contributed by atoms with Gasteiger partial charge in [0.1, 0.15) is 0 Å². The fraction of sp³-hybridized carbons (Fsp3) is 0.938. The maximum absolute atomic E-state index is 12.6. The van der Waals surface area contributed by atoms with Crippen molar-refractivity contribution in [2.45, 2.75) is 31.3 Å². The molecule has 0 aromatic heterocycles. The first-order chi connectivity index (χ1) is 13.2. The van der Waals surface area contributed by atoms with Crippen LogP contribution in [0.25, 0.3) is 0 Å². The van der Waals surface area contributed by atoms with E-state index in [1.54, 1.807) is 7.05 Å². The zero-order valence-electron chi connectivity index (χ0n) is 16.5. The Balaban J connectivity index is 1.70. The van der Waals surface area contributed by atoms with E-state index in [2.05, 4.69) is 32.3 Å². The average molecular weight is 429 g/mol. The quantitative estimate of drug-likeness (QED) is 0.462. The molecule has 0 spiro atoms. The Bertz CT molecular complexity index is 612. The van der Waals surface area contributed by atoms with Gasteiger partial charge in [0.2, 0.25) is 0 Å². The third-order valence-corrected chi connectivity index (χ3v) is 6.91. The van der Waals surface area contributed by atoms with Gasteiger partial charge < -0.3 is 15.5 Å². The lowest BCUT2D eigenvalue weighted by Gasteiger charge is -2.34. The summed E-state index contributed by atoms with van der Waals surface area (Å²) in [4.78, 5) is 8.95. The molecule has 164 valence electrons. The van der Waals surface area contributed by atoms with Crippen molar-refractivity contribution in [2.24, 2.45) is 4.99 Å². The Hall–Kier alpha value is -1.11. The normalized spacial score (nSPS) is 22.4. The van der Waals surface area contributed by atoms with E-state index in [1.807, 2.05) is 0 Å². The highest BCUT2D eigenvalue weighted by Crippen LogP contribution is 2.28. The summed E-state index contributed by atoms with van der Waals surface area (Å²) in [5.41, 5.74) is -5.24. The van der Waals surface area contributed by atoms with Crippen molar-refractivity contribution < 1.29 is 21.6 Å². The molecule has 2 heterocycles. The van der Waals surface area contributed by atoms with Gasteiger partial charge in [-0.25, -0.2) is 8.42 Å². The van der Waals surface area contributed by atoms with Crippen molar-refractivity contribution in [3.63, 3.8) is 0 Å². The number of hydrogen-bond donors (Lipinski definition) is 2. The number of alkyl halides is 3. The van der Waals surface area contributed by atoms with E-state index in [1.165, 1.54) is 0 Å². The molecular formula is C16H31F3N6O2S. The van der Waals surface area contributed by atoms with E-state index in [9.17, 15) is 21.6 Å². The minimum atomic E-state index is -5.24. The Kier molecular flexibility index (Phi) is 8.34. The topological polar surface area (TPSA) is 80.3 Å². The molecule has 2 rings (SSSR count). The molecule has 0 aromatic rings. The minimum Gasteiger partial charge on any atom is -0.355 e. The van der Waals surface area contributed by atoms with Gasteiger partial charge in [-0.2, -0.15) is 17.5 Å². The summed E-state index contributed by atoms with van der Waals surface area (Å²) in [6.45, 7) is 8.75. The van der Waals surface area contributed by atoms with Crippen molar-refractivity contribution in [1.29, 1.82) is 0 Å². The number of nitrogens with zero attached hydrogens (tertiary/aromatic N) is 4. The number of aliphatic imine (C=N–C) groups is 1. The van der Waals surface area contributed by atoms with Crippen LogP contribution in [0.1, 0.15) is 19.8 Å². The number of piperidine rings is 1. The van der Waals surface area contributed by atoms with Gasteiger partial charge in [0.25, 0.3) is 0 Å². The Morgan fingerprint density at radius 2 is 1.64 bits per heavy atom. The highest BCUT2D eigenvalue weighted by atomic mass is 32.2. The molecule has 0 unspecified atom stereocenters. The van der Waals surface area contributed by atoms with Crippen molar-refractivity contribution in [1.82, 2.24) is 24.7 Å². The smallest absolute Gasteiger partial charge is 0.355 e. The van der Waals surface area contributed by atoms with Crippen LogP contribution in [0.4, 0.5) is 13.2 Å². The second-order valence-electron chi connectivity index (χ2n) is 7.04. The molecule has 0 radical (unpaired) electrons. The predicted octanol–water partition coefficient (Wildman–Crippen LogP) is 0.103. The molecular weight excluding hydrogens is 397 g/mol. The van der Waals surface area contributed by atoms with Gasteiger partial charge in [-0.15, -0.1) is 0 Å². The van der Waals surface area contributed by atoms with Gasteiger partial charge in [0.15, 0.2) is 5.96 Å². The van der Waals surface area contributed by atoms with Crippen LogP contribution in [0.5, 0.6) is 0 Å². The summed E-state index contributed by atoms with van der Waals surface area (Å²) < 4.78 is 61.3. The number of sulfonamides is 1. The van der Waals surface area contributed by atoms with Gasteiger partial charge in [-0.05, 0) is 19.4 Å². The Morgan fingerprint density at radius 1 is 1.07 bits per heavy atom. The van der Waals surface area contributed by atoms with Crippen LogP contribution in [0.2, 0.25) is 0 Å². The second kappa shape index (κ2) is 10.1. The molecule has 0 aliphatic carbocycles. The fourth-order valence-electron chi connectivity index (χ4n) is 3.44. The van der Waals surface area contributed by atoms with Gasteiger partial charge in [-0.3, -0.25) is 9.89 Å². The molecule has 2 saturated heterocycles. The van der Waals surface area contributed by atoms with Gasteiger partial charge in [0.05, 0.1) is 0 Å². The molecule has 8 nitrogen and oxygen atoms in total. The average Bonchev–Trinajstić information content (AvgIpc) is 2.67. The Morgan fingerprint density at radius 3 is 2.14 bits per heavy atom. The van der Waals surface area contributed by atoms with E-state index in [4.69, 9.17) is 0 Å². The largest absolute Gasteiger partial charge is 0.511 e. The molecule has 0 amide bonds. The van der Waals surface area contributed by atoms with Crippen LogP contribution in [-0.2, 0) is 10.0 Å². The summed E-state index contributed by atoms with van der Waals surface area (Å²) in [5.74, 6) is 0.587. The van der Waals surface area contributed by atoms with Gasteiger partial charge in [0, 0.05) is 65.4 Å². The standard InChI is InChI=1S/C16H31F3N6O2S/c1-3-23-10-12-24(13-11-23)9-6-21-15(20-2)22-14-4-7-25(8-5-14)28(26,27)16(17,18)19/h14H,3-13H2,1-2H3,(H2,20,21,22). The van der Waals surface area contributed by atoms with Crippen LogP contribution in [-0.4, -0.2) is 106 Å². The summed E-state index contributed by atoms with van der Waals surface area (Å²) in [7, 11) is -3.60. The van der Waals surface area contributed by atoms with Crippen LogP contribution < -0.4 is 10.6 Å². The summed E-state index contributed by atoms with van der Waals surface area (Å²) in [6, 6.07) is -0.112. The second-order valence-corrected chi connectivity index (χ2v) is 8.97. The number of piperazine rings is 1. The lowest BCUT2D eigenvalue weighted by atomic mass is 10.1. The molecule has 2 aliphatic rings. The third kappa shape index (κ3) is 6.19. The molecule has 0 bridgehead atoms. The van der Waals surface area contributed by atoms with Crippen LogP contribution in [0.15, 0.2) is 4.99 Å². The van der Waals surface area contributed by atoms with Gasteiger partial charge >= 0.3 is 15.5 Å². The first kappa shape index (κ1) is 23.2. The molecule has 2 aliphatic heterocycles. The Labute approximate surface area is 165 Å². The van der Waals surface area contributed by atoms with E-state index < -0.39 is 15.5 Å². The first-order valence-corrected chi connectivity index (χ1v) is 11.1.